The van der Waals surface area contributed by atoms with Crippen LogP contribution in [0.5, 0.6) is 0 Å². The summed E-state index contributed by atoms with van der Waals surface area (Å²) in [5.41, 5.74) is 1.02. The van der Waals surface area contributed by atoms with Crippen molar-refractivity contribution in [3.8, 4) is 0 Å². The molecule has 0 spiro atoms. The maximum atomic E-state index is 10.6. The molecule has 1 fully saturated rings. The summed E-state index contributed by atoms with van der Waals surface area (Å²) >= 11 is 0. The number of hydrogen-bond donors (Lipinski definition) is 2. The zero-order valence-electron chi connectivity index (χ0n) is 10.0. The summed E-state index contributed by atoms with van der Waals surface area (Å²) in [4.78, 5) is 17.2. The van der Waals surface area contributed by atoms with Crippen LogP contribution in [0, 0.1) is 0 Å². The van der Waals surface area contributed by atoms with E-state index >= 15 is 0 Å². The van der Waals surface area contributed by atoms with E-state index in [-0.39, 0.29) is 13.2 Å². The van der Waals surface area contributed by atoms with E-state index < -0.39 is 20.4 Å². The molecule has 2 atom stereocenters. The minimum Gasteiger partial charge on any atom is -0.371 e. The summed E-state index contributed by atoms with van der Waals surface area (Å²) in [5.74, 6) is 0. The van der Waals surface area contributed by atoms with E-state index in [4.69, 9.17) is 24.0 Å². The summed E-state index contributed by atoms with van der Waals surface area (Å²) in [5, 5.41) is 0. The molecular formula is C11H15O7P. The van der Waals surface area contributed by atoms with Crippen molar-refractivity contribution in [2.75, 3.05) is 13.2 Å². The largest absolute Gasteiger partial charge is 0.472 e. The van der Waals surface area contributed by atoms with Gasteiger partial charge in [0.25, 0.3) is 0 Å². The number of phosphoric ester groups is 1. The molecule has 1 aromatic rings. The molecule has 7 nitrogen and oxygen atoms in total. The van der Waals surface area contributed by atoms with Gasteiger partial charge >= 0.3 is 7.82 Å². The van der Waals surface area contributed by atoms with Gasteiger partial charge in [-0.2, -0.15) is 0 Å². The van der Waals surface area contributed by atoms with Crippen LogP contribution >= 0.6 is 7.82 Å². The zero-order chi connectivity index (χ0) is 13.7. The normalized spacial score (nSPS) is 23.7. The Bertz CT molecular complexity index is 432. The van der Waals surface area contributed by atoms with Crippen molar-refractivity contribution in [2.24, 2.45) is 0 Å². The lowest BCUT2D eigenvalue weighted by molar-refractivity contribution is -0.140. The molecule has 1 heterocycles. The fourth-order valence-corrected chi connectivity index (χ4v) is 1.99. The standard InChI is InChI=1S/C11H15O7P/c12-19(13,14)18-11-8-16-10(17-11)7-15-6-9-4-2-1-3-5-9/h1-5,10-11H,6-8H2,(H2,12,13,14)/t10-,11-/m1/s1. The van der Waals surface area contributed by atoms with Crippen molar-refractivity contribution in [2.45, 2.75) is 19.2 Å². The molecule has 0 aliphatic carbocycles. The summed E-state index contributed by atoms with van der Waals surface area (Å²) in [6, 6.07) is 9.58. The Morgan fingerprint density at radius 3 is 2.74 bits per heavy atom. The second-order valence-corrected chi connectivity index (χ2v) is 5.12. The molecule has 0 radical (unpaired) electrons. The third kappa shape index (κ3) is 5.38. The Morgan fingerprint density at radius 1 is 1.32 bits per heavy atom. The molecule has 1 saturated heterocycles. The lowest BCUT2D eigenvalue weighted by Crippen LogP contribution is -2.19. The van der Waals surface area contributed by atoms with Gasteiger partial charge in [0.2, 0.25) is 0 Å². The van der Waals surface area contributed by atoms with Gasteiger partial charge in [-0.15, -0.1) is 0 Å². The minimum atomic E-state index is -4.56. The second kappa shape index (κ2) is 6.58. The average Bonchev–Trinajstić information content (AvgIpc) is 2.76. The third-order valence-electron chi connectivity index (χ3n) is 2.34. The monoisotopic (exact) mass is 290 g/mol. The molecule has 0 unspecified atom stereocenters. The third-order valence-corrected chi connectivity index (χ3v) is 2.85. The van der Waals surface area contributed by atoms with Crippen molar-refractivity contribution in [1.82, 2.24) is 0 Å². The van der Waals surface area contributed by atoms with E-state index in [0.717, 1.165) is 5.56 Å². The first kappa shape index (κ1) is 14.6. The molecule has 1 aliphatic heterocycles. The zero-order valence-corrected chi connectivity index (χ0v) is 10.9. The van der Waals surface area contributed by atoms with Crippen LogP contribution in [0.4, 0.5) is 0 Å². The number of phosphoric acid groups is 1. The maximum absolute atomic E-state index is 10.6. The Morgan fingerprint density at radius 2 is 2.05 bits per heavy atom. The molecule has 0 aromatic heterocycles. The quantitative estimate of drug-likeness (QED) is 0.755. The summed E-state index contributed by atoms with van der Waals surface area (Å²) in [6.07, 6.45) is -1.74. The Kier molecular flexibility index (Phi) is 5.06. The van der Waals surface area contributed by atoms with Gasteiger partial charge in [-0.3, -0.25) is 4.52 Å². The van der Waals surface area contributed by atoms with E-state index in [0.29, 0.717) is 6.61 Å². The van der Waals surface area contributed by atoms with E-state index in [9.17, 15) is 4.57 Å². The van der Waals surface area contributed by atoms with Gasteiger partial charge in [-0.05, 0) is 5.56 Å². The lowest BCUT2D eigenvalue weighted by atomic mass is 10.2. The van der Waals surface area contributed by atoms with Gasteiger partial charge in [0.1, 0.15) is 6.61 Å². The van der Waals surface area contributed by atoms with E-state index in [1.807, 2.05) is 30.3 Å². The van der Waals surface area contributed by atoms with Crippen molar-refractivity contribution < 1.29 is 33.1 Å². The molecular weight excluding hydrogens is 275 g/mol. The Balaban J connectivity index is 1.67. The highest BCUT2D eigenvalue weighted by molar-refractivity contribution is 7.46. The topological polar surface area (TPSA) is 94.5 Å². The van der Waals surface area contributed by atoms with Crippen LogP contribution in [0.1, 0.15) is 5.56 Å². The molecule has 0 bridgehead atoms. The van der Waals surface area contributed by atoms with Crippen LogP contribution in [-0.4, -0.2) is 35.6 Å². The fraction of sp³-hybridized carbons (Fsp3) is 0.455. The van der Waals surface area contributed by atoms with Crippen LogP contribution in [0.25, 0.3) is 0 Å². The van der Waals surface area contributed by atoms with Crippen LogP contribution in [-0.2, 0) is 29.9 Å². The minimum absolute atomic E-state index is 0.0372. The molecule has 8 heteroatoms. The predicted molar refractivity (Wildman–Crippen MR) is 63.8 cm³/mol. The maximum Gasteiger partial charge on any atom is 0.472 e. The van der Waals surface area contributed by atoms with Crippen LogP contribution in [0.2, 0.25) is 0 Å². The molecule has 2 rings (SSSR count). The van der Waals surface area contributed by atoms with Crippen molar-refractivity contribution >= 4 is 7.82 Å². The molecule has 1 aromatic carbocycles. The molecule has 106 valence electrons. The van der Waals surface area contributed by atoms with E-state index in [2.05, 4.69) is 4.52 Å². The molecule has 0 saturated carbocycles. The van der Waals surface area contributed by atoms with Gasteiger partial charge in [0.15, 0.2) is 12.6 Å². The molecule has 1 aliphatic rings. The van der Waals surface area contributed by atoms with Gasteiger partial charge in [-0.25, -0.2) is 4.57 Å². The number of hydrogen-bond acceptors (Lipinski definition) is 5. The predicted octanol–water partition coefficient (Wildman–Crippen LogP) is 1.01. The first-order chi connectivity index (χ1) is 9.03. The van der Waals surface area contributed by atoms with Gasteiger partial charge < -0.3 is 24.0 Å². The molecule has 0 amide bonds. The Hall–Kier alpha value is -0.790. The average molecular weight is 290 g/mol. The van der Waals surface area contributed by atoms with Gasteiger partial charge in [-0.1, -0.05) is 30.3 Å². The van der Waals surface area contributed by atoms with Crippen molar-refractivity contribution in [3.05, 3.63) is 35.9 Å². The van der Waals surface area contributed by atoms with Gasteiger partial charge in [0.05, 0.1) is 13.2 Å². The van der Waals surface area contributed by atoms with Crippen LogP contribution in [0.3, 0.4) is 0 Å². The first-order valence-electron chi connectivity index (χ1n) is 5.65. The number of ether oxygens (including phenoxy) is 3. The summed E-state index contributed by atoms with van der Waals surface area (Å²) < 4.78 is 30.6. The number of benzene rings is 1. The van der Waals surface area contributed by atoms with E-state index in [1.165, 1.54) is 0 Å². The molecule has 19 heavy (non-hydrogen) atoms. The summed E-state index contributed by atoms with van der Waals surface area (Å²) in [7, 11) is -4.56. The van der Waals surface area contributed by atoms with Crippen molar-refractivity contribution in [1.29, 1.82) is 0 Å². The Labute approximate surface area is 110 Å². The SMILES string of the molecule is O=P(O)(O)O[C@@H]1CO[C@@H](COCc2ccccc2)O1. The van der Waals surface area contributed by atoms with Crippen LogP contribution in [0.15, 0.2) is 30.3 Å². The highest BCUT2D eigenvalue weighted by Crippen LogP contribution is 2.39. The fourth-order valence-electron chi connectivity index (χ4n) is 1.58. The van der Waals surface area contributed by atoms with Crippen molar-refractivity contribution in [3.63, 3.8) is 0 Å². The van der Waals surface area contributed by atoms with Gasteiger partial charge in [0, 0.05) is 0 Å². The highest BCUT2D eigenvalue weighted by atomic mass is 31.2. The second-order valence-electron chi connectivity index (χ2n) is 3.93. The first-order valence-corrected chi connectivity index (χ1v) is 7.19. The molecule has 2 N–H and O–H groups in total. The smallest absolute Gasteiger partial charge is 0.371 e. The van der Waals surface area contributed by atoms with Crippen LogP contribution < -0.4 is 0 Å². The van der Waals surface area contributed by atoms with E-state index in [1.54, 1.807) is 0 Å². The number of rotatable bonds is 6. The summed E-state index contributed by atoms with van der Waals surface area (Å²) in [6.45, 7) is 0.536. The highest BCUT2D eigenvalue weighted by Gasteiger charge is 2.32. The lowest BCUT2D eigenvalue weighted by Gasteiger charge is -2.12.